The molecule has 1 aromatic rings. The van der Waals surface area contributed by atoms with Gasteiger partial charge < -0.3 is 15.6 Å². The Morgan fingerprint density at radius 2 is 2.26 bits per heavy atom. The summed E-state index contributed by atoms with van der Waals surface area (Å²) >= 11 is 0. The van der Waals surface area contributed by atoms with Crippen molar-refractivity contribution in [3.8, 4) is 0 Å². The Labute approximate surface area is 113 Å². The zero-order valence-electron chi connectivity index (χ0n) is 11.5. The second kappa shape index (κ2) is 6.12. The van der Waals surface area contributed by atoms with Gasteiger partial charge in [-0.3, -0.25) is 9.69 Å². The third-order valence-electron chi connectivity index (χ3n) is 3.51. The van der Waals surface area contributed by atoms with E-state index in [1.807, 2.05) is 18.5 Å². The number of nitrogens with zero attached hydrogens (tertiary/aromatic N) is 4. The molecular formula is C12H22N6O. The van der Waals surface area contributed by atoms with E-state index in [9.17, 15) is 4.79 Å². The second-order valence-corrected chi connectivity index (χ2v) is 5.20. The molecule has 0 bridgehead atoms. The number of hydrogen-bond acceptors (Lipinski definition) is 5. The van der Waals surface area contributed by atoms with E-state index < -0.39 is 0 Å². The van der Waals surface area contributed by atoms with Gasteiger partial charge in [0.05, 0.1) is 12.6 Å². The van der Waals surface area contributed by atoms with Crippen LogP contribution in [0.4, 0.5) is 0 Å². The number of piperidine rings is 1. The van der Waals surface area contributed by atoms with E-state index in [4.69, 9.17) is 5.73 Å². The van der Waals surface area contributed by atoms with Gasteiger partial charge in [0.25, 0.3) is 0 Å². The lowest BCUT2D eigenvalue weighted by atomic mass is 10.1. The molecule has 0 radical (unpaired) electrons. The summed E-state index contributed by atoms with van der Waals surface area (Å²) in [6.45, 7) is 4.13. The van der Waals surface area contributed by atoms with Crippen LogP contribution in [0.2, 0.25) is 0 Å². The fourth-order valence-electron chi connectivity index (χ4n) is 2.35. The fourth-order valence-corrected chi connectivity index (χ4v) is 2.35. The average Bonchev–Trinajstić information content (AvgIpc) is 2.78. The summed E-state index contributed by atoms with van der Waals surface area (Å²) in [5, 5.41) is 10.8. The number of aryl methyl sites for hydroxylation is 1. The predicted molar refractivity (Wildman–Crippen MR) is 71.2 cm³/mol. The lowest BCUT2D eigenvalue weighted by molar-refractivity contribution is -0.123. The molecule has 1 unspecified atom stereocenters. The molecule has 106 valence electrons. The molecule has 19 heavy (non-hydrogen) atoms. The van der Waals surface area contributed by atoms with Crippen LogP contribution in [0, 0.1) is 0 Å². The van der Waals surface area contributed by atoms with Gasteiger partial charge in [0.1, 0.15) is 6.33 Å². The second-order valence-electron chi connectivity index (χ2n) is 5.20. The van der Waals surface area contributed by atoms with Gasteiger partial charge in [-0.2, -0.15) is 0 Å². The van der Waals surface area contributed by atoms with Crippen LogP contribution in [0.1, 0.15) is 31.6 Å². The van der Waals surface area contributed by atoms with Crippen molar-refractivity contribution in [1.29, 1.82) is 0 Å². The van der Waals surface area contributed by atoms with Gasteiger partial charge in [0.2, 0.25) is 5.91 Å². The Kier molecular flexibility index (Phi) is 4.49. The maximum atomic E-state index is 12.0. The molecule has 1 amide bonds. The topological polar surface area (TPSA) is 89.1 Å². The predicted octanol–water partition coefficient (Wildman–Crippen LogP) is -0.585. The molecule has 1 saturated heterocycles. The average molecular weight is 266 g/mol. The molecular weight excluding hydrogens is 244 g/mol. The summed E-state index contributed by atoms with van der Waals surface area (Å²) in [6, 6.07) is 0.156. The molecule has 0 spiro atoms. The monoisotopic (exact) mass is 266 g/mol. The maximum absolute atomic E-state index is 12.0. The molecule has 1 aromatic heterocycles. The van der Waals surface area contributed by atoms with E-state index in [-0.39, 0.29) is 18.0 Å². The molecule has 1 aliphatic rings. The van der Waals surface area contributed by atoms with Gasteiger partial charge in [-0.05, 0) is 19.8 Å². The van der Waals surface area contributed by atoms with Crippen molar-refractivity contribution in [2.45, 2.75) is 31.8 Å². The summed E-state index contributed by atoms with van der Waals surface area (Å²) in [6.07, 6.45) is 3.56. The summed E-state index contributed by atoms with van der Waals surface area (Å²) < 4.78 is 1.81. The molecule has 0 saturated carbocycles. The number of carbonyl (C=O) groups excluding carboxylic acids is 1. The van der Waals surface area contributed by atoms with Crippen LogP contribution in [0.3, 0.4) is 0 Å². The van der Waals surface area contributed by atoms with E-state index in [1.54, 1.807) is 6.33 Å². The molecule has 7 heteroatoms. The molecule has 1 atom stereocenters. The van der Waals surface area contributed by atoms with Crippen LogP contribution in [-0.4, -0.2) is 51.2 Å². The summed E-state index contributed by atoms with van der Waals surface area (Å²) in [7, 11) is 1.87. The molecule has 7 nitrogen and oxygen atoms in total. The van der Waals surface area contributed by atoms with E-state index >= 15 is 0 Å². The minimum atomic E-state index is -0.132. The number of carbonyl (C=O) groups is 1. The van der Waals surface area contributed by atoms with Gasteiger partial charge in [0.15, 0.2) is 5.82 Å². The van der Waals surface area contributed by atoms with Crippen molar-refractivity contribution in [2.75, 3.05) is 19.6 Å². The van der Waals surface area contributed by atoms with Crippen molar-refractivity contribution in [2.24, 2.45) is 12.8 Å². The quantitative estimate of drug-likeness (QED) is 0.761. The first-order chi connectivity index (χ1) is 9.06. The van der Waals surface area contributed by atoms with Crippen LogP contribution in [0.25, 0.3) is 0 Å². The number of aromatic nitrogens is 3. The standard InChI is InChI=1S/C12H22N6O/c1-9(12-16-14-8-17(12)2)15-11(19)7-18-5-3-10(13)4-6-18/h8-10H,3-7,13H2,1-2H3,(H,15,19). The zero-order chi connectivity index (χ0) is 13.8. The zero-order valence-corrected chi connectivity index (χ0v) is 11.5. The Balaban J connectivity index is 1.80. The largest absolute Gasteiger partial charge is 0.345 e. The van der Waals surface area contributed by atoms with Crippen LogP contribution in [-0.2, 0) is 11.8 Å². The van der Waals surface area contributed by atoms with Crippen LogP contribution < -0.4 is 11.1 Å². The number of hydrogen-bond donors (Lipinski definition) is 2. The molecule has 2 rings (SSSR count). The minimum absolute atomic E-state index is 0.0194. The Morgan fingerprint density at radius 3 is 2.84 bits per heavy atom. The Hall–Kier alpha value is -1.47. The molecule has 1 aliphatic heterocycles. The summed E-state index contributed by atoms with van der Waals surface area (Å²) in [4.78, 5) is 14.1. The van der Waals surface area contributed by atoms with Crippen LogP contribution >= 0.6 is 0 Å². The van der Waals surface area contributed by atoms with Crippen LogP contribution in [0.15, 0.2) is 6.33 Å². The van der Waals surface area contributed by atoms with E-state index in [0.717, 1.165) is 31.8 Å². The number of likely N-dealkylation sites (tertiary alicyclic amines) is 1. The maximum Gasteiger partial charge on any atom is 0.234 e. The van der Waals surface area contributed by atoms with Gasteiger partial charge >= 0.3 is 0 Å². The number of amides is 1. The molecule has 0 aliphatic carbocycles. The third-order valence-corrected chi connectivity index (χ3v) is 3.51. The highest BCUT2D eigenvalue weighted by molar-refractivity contribution is 5.78. The Bertz CT molecular complexity index is 424. The highest BCUT2D eigenvalue weighted by atomic mass is 16.2. The van der Waals surface area contributed by atoms with Crippen molar-refractivity contribution >= 4 is 5.91 Å². The highest BCUT2D eigenvalue weighted by Gasteiger charge is 2.20. The first-order valence-electron chi connectivity index (χ1n) is 6.67. The van der Waals surface area contributed by atoms with Gasteiger partial charge in [-0.25, -0.2) is 0 Å². The number of nitrogens with two attached hydrogens (primary N) is 1. The molecule has 2 heterocycles. The van der Waals surface area contributed by atoms with Crippen molar-refractivity contribution in [1.82, 2.24) is 25.0 Å². The van der Waals surface area contributed by atoms with Crippen LogP contribution in [0.5, 0.6) is 0 Å². The smallest absolute Gasteiger partial charge is 0.234 e. The van der Waals surface area contributed by atoms with E-state index in [1.165, 1.54) is 0 Å². The summed E-state index contributed by atoms with van der Waals surface area (Å²) in [5.74, 6) is 0.778. The van der Waals surface area contributed by atoms with Crippen molar-refractivity contribution in [3.05, 3.63) is 12.2 Å². The fraction of sp³-hybridized carbons (Fsp3) is 0.750. The van der Waals surface area contributed by atoms with Gasteiger partial charge in [-0.15, -0.1) is 10.2 Å². The van der Waals surface area contributed by atoms with E-state index in [0.29, 0.717) is 6.54 Å². The first-order valence-corrected chi connectivity index (χ1v) is 6.67. The first kappa shape index (κ1) is 14.0. The van der Waals surface area contributed by atoms with Crippen molar-refractivity contribution in [3.63, 3.8) is 0 Å². The minimum Gasteiger partial charge on any atom is -0.345 e. The third kappa shape index (κ3) is 3.74. The normalized spacial score (nSPS) is 19.3. The molecule has 1 fully saturated rings. The highest BCUT2D eigenvalue weighted by Crippen LogP contribution is 2.09. The lowest BCUT2D eigenvalue weighted by Crippen LogP contribution is -2.45. The van der Waals surface area contributed by atoms with Gasteiger partial charge in [-0.1, -0.05) is 0 Å². The number of rotatable bonds is 4. The Morgan fingerprint density at radius 1 is 1.58 bits per heavy atom. The van der Waals surface area contributed by atoms with E-state index in [2.05, 4.69) is 20.4 Å². The lowest BCUT2D eigenvalue weighted by Gasteiger charge is -2.29. The summed E-state index contributed by atoms with van der Waals surface area (Å²) in [5.41, 5.74) is 5.84. The van der Waals surface area contributed by atoms with Gasteiger partial charge in [0, 0.05) is 26.2 Å². The SMILES string of the molecule is CC(NC(=O)CN1CCC(N)CC1)c1nncn1C. The molecule has 0 aromatic carbocycles. The van der Waals surface area contributed by atoms with Crippen molar-refractivity contribution < 1.29 is 4.79 Å². The molecule has 3 N–H and O–H groups in total. The number of nitrogens with one attached hydrogen (secondary N) is 1.